The van der Waals surface area contributed by atoms with Crippen molar-refractivity contribution in [2.45, 2.75) is 37.8 Å². The van der Waals surface area contributed by atoms with Crippen LogP contribution >= 0.6 is 0 Å². The fourth-order valence-electron chi connectivity index (χ4n) is 3.06. The maximum absolute atomic E-state index is 12.4. The molecular formula is C19H23N3O2. The Morgan fingerprint density at radius 2 is 2.12 bits per heavy atom. The number of hydrogen-bond donors (Lipinski definition) is 0. The van der Waals surface area contributed by atoms with Gasteiger partial charge in [0, 0.05) is 44.7 Å². The first-order valence-electron chi connectivity index (χ1n) is 8.54. The number of carbonyl (C=O) groups excluding carboxylic acids is 1. The van der Waals surface area contributed by atoms with Crippen LogP contribution in [-0.4, -0.2) is 36.2 Å². The summed E-state index contributed by atoms with van der Waals surface area (Å²) >= 11 is 0. The SMILES string of the molecule is C#CCCC1(CCC(=O)N2CCC(COc3ccccc3)C2)N=N1. The Morgan fingerprint density at radius 3 is 2.83 bits per heavy atom. The summed E-state index contributed by atoms with van der Waals surface area (Å²) in [5.74, 6) is 4.09. The van der Waals surface area contributed by atoms with Crippen LogP contribution in [0, 0.1) is 18.3 Å². The number of benzene rings is 1. The molecule has 0 N–H and O–H groups in total. The lowest BCUT2D eigenvalue weighted by Crippen LogP contribution is -2.30. The van der Waals surface area contributed by atoms with Gasteiger partial charge < -0.3 is 9.64 Å². The molecule has 1 atom stereocenters. The maximum atomic E-state index is 12.4. The lowest BCUT2D eigenvalue weighted by Gasteiger charge is -2.18. The zero-order chi connectivity index (χ0) is 16.8. The summed E-state index contributed by atoms with van der Waals surface area (Å²) in [6.45, 7) is 2.25. The van der Waals surface area contributed by atoms with Crippen LogP contribution < -0.4 is 4.74 Å². The molecule has 0 radical (unpaired) electrons. The number of hydrogen-bond acceptors (Lipinski definition) is 4. The highest BCUT2D eigenvalue weighted by Crippen LogP contribution is 2.37. The van der Waals surface area contributed by atoms with E-state index in [0.29, 0.717) is 31.8 Å². The normalized spacial score (nSPS) is 20.6. The fraction of sp³-hybridized carbons (Fsp3) is 0.526. The third-order valence-electron chi connectivity index (χ3n) is 4.66. The predicted molar refractivity (Wildman–Crippen MR) is 91.5 cm³/mol. The highest BCUT2D eigenvalue weighted by molar-refractivity contribution is 5.76. The molecule has 0 bridgehead atoms. The number of nitrogens with zero attached hydrogens (tertiary/aromatic N) is 3. The topological polar surface area (TPSA) is 54.3 Å². The van der Waals surface area contributed by atoms with E-state index in [1.54, 1.807) is 0 Å². The summed E-state index contributed by atoms with van der Waals surface area (Å²) in [7, 11) is 0. The molecule has 5 heteroatoms. The van der Waals surface area contributed by atoms with Gasteiger partial charge in [-0.1, -0.05) is 18.2 Å². The second-order valence-electron chi connectivity index (χ2n) is 6.51. The third-order valence-corrected chi connectivity index (χ3v) is 4.66. The molecule has 0 saturated carbocycles. The molecule has 2 aliphatic heterocycles. The molecule has 0 aliphatic carbocycles. The fourth-order valence-corrected chi connectivity index (χ4v) is 3.06. The molecule has 1 aromatic rings. The maximum Gasteiger partial charge on any atom is 0.222 e. The molecule has 1 fully saturated rings. The van der Waals surface area contributed by atoms with Gasteiger partial charge in [-0.15, -0.1) is 12.3 Å². The number of ether oxygens (including phenoxy) is 1. The molecule has 1 saturated heterocycles. The zero-order valence-corrected chi connectivity index (χ0v) is 13.9. The number of para-hydroxylation sites is 1. The Balaban J connectivity index is 1.37. The van der Waals surface area contributed by atoms with E-state index in [1.165, 1.54) is 0 Å². The van der Waals surface area contributed by atoms with Gasteiger partial charge in [-0.25, -0.2) is 0 Å². The van der Waals surface area contributed by atoms with Crippen LogP contribution in [0.25, 0.3) is 0 Å². The van der Waals surface area contributed by atoms with Crippen molar-refractivity contribution >= 4 is 5.91 Å². The van der Waals surface area contributed by atoms with Crippen molar-refractivity contribution in [3.8, 4) is 18.1 Å². The third kappa shape index (κ3) is 4.35. The van der Waals surface area contributed by atoms with Crippen molar-refractivity contribution < 1.29 is 9.53 Å². The van der Waals surface area contributed by atoms with Crippen LogP contribution in [-0.2, 0) is 4.79 Å². The van der Waals surface area contributed by atoms with Crippen molar-refractivity contribution in [2.75, 3.05) is 19.7 Å². The van der Waals surface area contributed by atoms with Crippen molar-refractivity contribution in [2.24, 2.45) is 16.1 Å². The van der Waals surface area contributed by atoms with Gasteiger partial charge in [0.15, 0.2) is 5.66 Å². The van der Waals surface area contributed by atoms with E-state index in [4.69, 9.17) is 11.2 Å². The minimum Gasteiger partial charge on any atom is -0.493 e. The first-order chi connectivity index (χ1) is 11.7. The van der Waals surface area contributed by atoms with Gasteiger partial charge in [0.05, 0.1) is 6.61 Å². The Labute approximate surface area is 143 Å². The number of carbonyl (C=O) groups is 1. The van der Waals surface area contributed by atoms with Gasteiger partial charge in [0.2, 0.25) is 5.91 Å². The molecular weight excluding hydrogens is 302 g/mol. The molecule has 0 aromatic heterocycles. The minimum atomic E-state index is -0.364. The average molecular weight is 325 g/mol. The predicted octanol–water partition coefficient (Wildman–Crippen LogP) is 3.27. The second kappa shape index (κ2) is 7.48. The van der Waals surface area contributed by atoms with Gasteiger partial charge in [-0.2, -0.15) is 10.2 Å². The molecule has 1 aromatic carbocycles. The Kier molecular flexibility index (Phi) is 5.14. The highest BCUT2D eigenvalue weighted by Gasteiger charge is 2.40. The van der Waals surface area contributed by atoms with Gasteiger partial charge in [-0.05, 0) is 18.6 Å². The smallest absolute Gasteiger partial charge is 0.222 e. The van der Waals surface area contributed by atoms with E-state index in [2.05, 4.69) is 16.1 Å². The van der Waals surface area contributed by atoms with Crippen molar-refractivity contribution in [1.29, 1.82) is 0 Å². The van der Waals surface area contributed by atoms with E-state index >= 15 is 0 Å². The van der Waals surface area contributed by atoms with Gasteiger partial charge in [0.25, 0.3) is 0 Å². The molecule has 3 rings (SSSR count). The van der Waals surface area contributed by atoms with Crippen LogP contribution in [0.2, 0.25) is 0 Å². The molecule has 0 spiro atoms. The van der Waals surface area contributed by atoms with E-state index in [-0.39, 0.29) is 11.6 Å². The van der Waals surface area contributed by atoms with Crippen LogP contribution in [0.3, 0.4) is 0 Å². The Hall–Kier alpha value is -2.35. The average Bonchev–Trinajstić information content (AvgIpc) is 3.23. The molecule has 5 nitrogen and oxygen atoms in total. The summed E-state index contributed by atoms with van der Waals surface area (Å²) in [4.78, 5) is 14.3. The van der Waals surface area contributed by atoms with Crippen LogP contribution in [0.5, 0.6) is 5.75 Å². The number of amides is 1. The van der Waals surface area contributed by atoms with Gasteiger partial charge in [-0.3, -0.25) is 4.79 Å². The first-order valence-corrected chi connectivity index (χ1v) is 8.54. The summed E-state index contributed by atoms with van der Waals surface area (Å²) < 4.78 is 5.80. The molecule has 1 unspecified atom stereocenters. The van der Waals surface area contributed by atoms with Crippen LogP contribution in [0.15, 0.2) is 40.6 Å². The van der Waals surface area contributed by atoms with E-state index in [0.717, 1.165) is 31.7 Å². The van der Waals surface area contributed by atoms with Crippen molar-refractivity contribution in [3.63, 3.8) is 0 Å². The van der Waals surface area contributed by atoms with Crippen molar-refractivity contribution in [3.05, 3.63) is 30.3 Å². The number of rotatable bonds is 8. The molecule has 126 valence electrons. The summed E-state index contributed by atoms with van der Waals surface area (Å²) in [6, 6.07) is 9.80. The zero-order valence-electron chi connectivity index (χ0n) is 13.9. The van der Waals surface area contributed by atoms with Gasteiger partial charge in [0.1, 0.15) is 5.75 Å². The second-order valence-corrected chi connectivity index (χ2v) is 6.51. The number of terminal acetylenes is 1. The largest absolute Gasteiger partial charge is 0.493 e. The molecule has 24 heavy (non-hydrogen) atoms. The Bertz CT molecular complexity index is 630. The minimum absolute atomic E-state index is 0.189. The lowest BCUT2D eigenvalue weighted by atomic mass is 10.0. The summed E-state index contributed by atoms with van der Waals surface area (Å²) in [5.41, 5.74) is -0.364. The summed E-state index contributed by atoms with van der Waals surface area (Å²) in [6.07, 6.45) is 8.86. The quantitative estimate of drug-likeness (QED) is 0.689. The summed E-state index contributed by atoms with van der Waals surface area (Å²) in [5, 5.41) is 8.17. The highest BCUT2D eigenvalue weighted by atomic mass is 16.5. The van der Waals surface area contributed by atoms with Crippen LogP contribution in [0.1, 0.15) is 32.1 Å². The number of likely N-dealkylation sites (tertiary alicyclic amines) is 1. The van der Waals surface area contributed by atoms with Crippen molar-refractivity contribution in [1.82, 2.24) is 4.90 Å². The Morgan fingerprint density at radius 1 is 1.33 bits per heavy atom. The molecule has 2 aliphatic rings. The van der Waals surface area contributed by atoms with Crippen LogP contribution in [0.4, 0.5) is 0 Å². The molecule has 1 amide bonds. The monoisotopic (exact) mass is 325 g/mol. The van der Waals surface area contributed by atoms with E-state index in [9.17, 15) is 4.79 Å². The standard InChI is InChI=1S/C19H23N3O2/c1-2-3-11-19(20-21-19)12-9-18(23)22-13-10-16(14-22)15-24-17-7-5-4-6-8-17/h1,4-8,16H,3,9-15H2. The lowest BCUT2D eigenvalue weighted by molar-refractivity contribution is -0.130. The van der Waals surface area contributed by atoms with Gasteiger partial charge >= 0.3 is 0 Å². The first kappa shape index (κ1) is 16.5. The van der Waals surface area contributed by atoms with E-state index < -0.39 is 0 Å². The molecule has 2 heterocycles. The van der Waals surface area contributed by atoms with E-state index in [1.807, 2.05) is 35.2 Å².